The van der Waals surface area contributed by atoms with E-state index in [2.05, 4.69) is 29.2 Å². The van der Waals surface area contributed by atoms with Crippen LogP contribution in [-0.4, -0.2) is 50.0 Å². The van der Waals surface area contributed by atoms with E-state index in [4.69, 9.17) is 4.74 Å². The molecule has 0 saturated carbocycles. The van der Waals surface area contributed by atoms with Gasteiger partial charge in [-0.3, -0.25) is 9.69 Å². The number of hydrogen-bond donors (Lipinski definition) is 0. The molecule has 3 rings (SSSR count). The van der Waals surface area contributed by atoms with Crippen LogP contribution in [0.1, 0.15) is 31.0 Å². The second-order valence-electron chi connectivity index (χ2n) is 7.91. The topological polar surface area (TPSA) is 63.7 Å². The summed E-state index contributed by atoms with van der Waals surface area (Å²) in [5, 5.41) is -1.16. The van der Waals surface area contributed by atoms with E-state index < -0.39 is 26.6 Å². The number of methoxy groups -OCH3 is 1. The molecular weight excluding hydrogens is 374 g/mol. The molecule has 0 spiro atoms. The molecular formula is C22H27NO4S. The number of ether oxygens (including phenoxy) is 1. The Bertz CT molecular complexity index is 886. The Morgan fingerprint density at radius 2 is 1.50 bits per heavy atom. The minimum absolute atomic E-state index is 0.0218. The Hall–Kier alpha value is -2.18. The predicted octanol–water partition coefficient (Wildman–Crippen LogP) is 3.07. The number of carbonyl (C=O) groups excluding carboxylic acids is 1. The Morgan fingerprint density at radius 1 is 1.04 bits per heavy atom. The van der Waals surface area contributed by atoms with Crippen LogP contribution in [0.3, 0.4) is 0 Å². The van der Waals surface area contributed by atoms with Crippen LogP contribution in [0, 0.1) is 5.92 Å². The molecule has 1 fully saturated rings. The molecule has 1 heterocycles. The lowest BCUT2D eigenvalue weighted by molar-refractivity contribution is -0.148. The van der Waals surface area contributed by atoms with Crippen molar-refractivity contribution in [3.05, 3.63) is 71.8 Å². The summed E-state index contributed by atoms with van der Waals surface area (Å²) in [5.74, 6) is -1.03. The van der Waals surface area contributed by atoms with E-state index in [0.29, 0.717) is 6.54 Å². The van der Waals surface area contributed by atoms with Crippen molar-refractivity contribution in [2.75, 3.05) is 19.9 Å². The van der Waals surface area contributed by atoms with Crippen molar-refractivity contribution in [2.24, 2.45) is 5.92 Å². The van der Waals surface area contributed by atoms with Gasteiger partial charge in [-0.05, 0) is 25.0 Å². The van der Waals surface area contributed by atoms with Crippen LogP contribution < -0.4 is 0 Å². The van der Waals surface area contributed by atoms with Crippen LogP contribution in [0.5, 0.6) is 0 Å². The van der Waals surface area contributed by atoms with E-state index in [1.807, 2.05) is 50.2 Å². The third kappa shape index (κ3) is 3.71. The number of carbonyl (C=O) groups is 1. The van der Waals surface area contributed by atoms with E-state index >= 15 is 0 Å². The number of benzene rings is 2. The summed E-state index contributed by atoms with van der Waals surface area (Å²) >= 11 is 0. The molecule has 0 aliphatic carbocycles. The van der Waals surface area contributed by atoms with Crippen LogP contribution in [0.4, 0.5) is 0 Å². The molecule has 1 aliphatic heterocycles. The van der Waals surface area contributed by atoms with E-state index in [9.17, 15) is 13.2 Å². The van der Waals surface area contributed by atoms with E-state index in [0.717, 1.165) is 17.4 Å². The molecule has 0 amide bonds. The van der Waals surface area contributed by atoms with Gasteiger partial charge in [-0.2, -0.15) is 0 Å². The second kappa shape index (κ2) is 7.68. The summed E-state index contributed by atoms with van der Waals surface area (Å²) in [6, 6.07) is 20.3. The number of likely N-dealkylation sites (tertiary alicyclic amines) is 1. The summed E-state index contributed by atoms with van der Waals surface area (Å²) in [7, 11) is -2.35. The fraction of sp³-hybridized carbons (Fsp3) is 0.409. The minimum Gasteiger partial charge on any atom is -0.468 e. The minimum atomic E-state index is -3.59. The highest BCUT2D eigenvalue weighted by Gasteiger charge is 2.57. The van der Waals surface area contributed by atoms with Crippen LogP contribution >= 0.6 is 0 Å². The lowest BCUT2D eigenvalue weighted by Crippen LogP contribution is -2.70. The maximum atomic E-state index is 12.4. The van der Waals surface area contributed by atoms with E-state index in [1.165, 1.54) is 7.11 Å². The molecule has 0 bridgehead atoms. The quantitative estimate of drug-likeness (QED) is 0.696. The second-order valence-corrected chi connectivity index (χ2v) is 10.1. The first-order chi connectivity index (χ1) is 13.2. The lowest BCUT2D eigenvalue weighted by atomic mass is 9.72. The highest BCUT2D eigenvalue weighted by atomic mass is 32.2. The first-order valence-electron chi connectivity index (χ1n) is 9.31. The molecule has 5 nitrogen and oxygen atoms in total. The van der Waals surface area contributed by atoms with Crippen molar-refractivity contribution in [2.45, 2.75) is 30.7 Å². The summed E-state index contributed by atoms with van der Waals surface area (Å²) < 4.78 is 29.5. The number of esters is 1. The van der Waals surface area contributed by atoms with Crippen molar-refractivity contribution in [3.63, 3.8) is 0 Å². The molecule has 28 heavy (non-hydrogen) atoms. The van der Waals surface area contributed by atoms with Crippen LogP contribution in [0.2, 0.25) is 0 Å². The van der Waals surface area contributed by atoms with Gasteiger partial charge >= 0.3 is 5.97 Å². The molecule has 2 unspecified atom stereocenters. The van der Waals surface area contributed by atoms with Gasteiger partial charge in [-0.1, -0.05) is 60.7 Å². The van der Waals surface area contributed by atoms with Gasteiger partial charge in [0.25, 0.3) is 0 Å². The van der Waals surface area contributed by atoms with E-state index in [1.54, 1.807) is 0 Å². The van der Waals surface area contributed by atoms with Crippen LogP contribution in [0.25, 0.3) is 0 Å². The van der Waals surface area contributed by atoms with Crippen molar-refractivity contribution >= 4 is 15.8 Å². The van der Waals surface area contributed by atoms with Gasteiger partial charge in [0.2, 0.25) is 0 Å². The van der Waals surface area contributed by atoms with Gasteiger partial charge in [0, 0.05) is 24.3 Å². The fourth-order valence-electron chi connectivity index (χ4n) is 4.25. The fourth-order valence-corrected chi connectivity index (χ4v) is 5.71. The van der Waals surface area contributed by atoms with Gasteiger partial charge in [0.1, 0.15) is 0 Å². The normalized spacial score (nSPS) is 20.4. The van der Waals surface area contributed by atoms with Gasteiger partial charge in [-0.15, -0.1) is 0 Å². The SMILES string of the molecule is COC(=O)C(C1CN(C(c2ccccc2)c2ccccc2)C1(C)C)S(C)(=O)=O. The van der Waals surface area contributed by atoms with Gasteiger partial charge in [-0.25, -0.2) is 8.42 Å². The van der Waals surface area contributed by atoms with Crippen LogP contribution in [0.15, 0.2) is 60.7 Å². The molecule has 2 atom stereocenters. The van der Waals surface area contributed by atoms with Gasteiger partial charge < -0.3 is 4.74 Å². The smallest absolute Gasteiger partial charge is 0.324 e. The Kier molecular flexibility index (Phi) is 5.64. The number of sulfone groups is 1. The maximum absolute atomic E-state index is 12.4. The summed E-state index contributed by atoms with van der Waals surface area (Å²) in [5.41, 5.74) is 1.77. The molecule has 1 saturated heterocycles. The first kappa shape index (κ1) is 20.6. The zero-order chi connectivity index (χ0) is 20.5. The lowest BCUT2D eigenvalue weighted by Gasteiger charge is -2.59. The largest absolute Gasteiger partial charge is 0.468 e. The molecule has 1 aliphatic rings. The Morgan fingerprint density at radius 3 is 1.86 bits per heavy atom. The predicted molar refractivity (Wildman–Crippen MR) is 110 cm³/mol. The van der Waals surface area contributed by atoms with Crippen molar-refractivity contribution in [1.29, 1.82) is 0 Å². The zero-order valence-corrected chi connectivity index (χ0v) is 17.5. The highest BCUT2D eigenvalue weighted by molar-refractivity contribution is 7.92. The molecule has 150 valence electrons. The molecule has 0 aromatic heterocycles. The molecule has 0 radical (unpaired) electrons. The number of rotatable bonds is 6. The van der Waals surface area contributed by atoms with Gasteiger partial charge in [0.05, 0.1) is 13.2 Å². The van der Waals surface area contributed by atoms with Crippen molar-refractivity contribution < 1.29 is 17.9 Å². The average Bonchev–Trinajstić information content (AvgIpc) is 2.67. The highest BCUT2D eigenvalue weighted by Crippen LogP contribution is 2.47. The third-order valence-electron chi connectivity index (χ3n) is 5.84. The van der Waals surface area contributed by atoms with Crippen molar-refractivity contribution in [3.8, 4) is 0 Å². The van der Waals surface area contributed by atoms with Crippen LogP contribution in [-0.2, 0) is 19.4 Å². The molecule has 2 aromatic rings. The maximum Gasteiger partial charge on any atom is 0.324 e. The number of hydrogen-bond acceptors (Lipinski definition) is 5. The van der Waals surface area contributed by atoms with E-state index in [-0.39, 0.29) is 12.0 Å². The molecule has 2 aromatic carbocycles. The van der Waals surface area contributed by atoms with Gasteiger partial charge in [0.15, 0.2) is 15.1 Å². The average molecular weight is 402 g/mol. The standard InChI is InChI=1S/C22H27NO4S/c1-22(2)18(20(21(24)27-3)28(4,25)26)15-23(22)19(16-11-7-5-8-12-16)17-13-9-6-10-14-17/h5-14,18-20H,15H2,1-4H3. The Labute approximate surface area is 167 Å². The summed E-state index contributed by atoms with van der Waals surface area (Å²) in [6.07, 6.45) is 1.11. The summed E-state index contributed by atoms with van der Waals surface area (Å²) in [6.45, 7) is 4.50. The van der Waals surface area contributed by atoms with Crippen molar-refractivity contribution in [1.82, 2.24) is 4.90 Å². The zero-order valence-electron chi connectivity index (χ0n) is 16.7. The first-order valence-corrected chi connectivity index (χ1v) is 11.3. The number of nitrogens with zero attached hydrogens (tertiary/aromatic N) is 1. The third-order valence-corrected chi connectivity index (χ3v) is 7.29. The Balaban J connectivity index is 2.00. The monoisotopic (exact) mass is 401 g/mol. The molecule has 0 N–H and O–H groups in total. The summed E-state index contributed by atoms with van der Waals surface area (Å²) in [4.78, 5) is 14.5. The molecule has 6 heteroatoms.